The molecule has 3 N–H and O–H groups in total. The first-order valence-electron chi connectivity index (χ1n) is 6.95. The molecular weight excluding hydrogens is 278 g/mol. The number of aliphatic hydroxyl groups excluding tert-OH is 2. The van der Waals surface area contributed by atoms with Crippen LogP contribution in [0.15, 0.2) is 24.3 Å². The van der Waals surface area contributed by atoms with Gasteiger partial charge in [0.25, 0.3) is 0 Å². The number of carbonyl (C=O) groups excluding carboxylic acids is 1. The first-order chi connectivity index (χ1) is 9.54. The Morgan fingerprint density at radius 1 is 1.25 bits per heavy atom. The largest absolute Gasteiger partial charge is 0.393 e. The molecule has 1 unspecified atom stereocenters. The van der Waals surface area contributed by atoms with Gasteiger partial charge in [0.1, 0.15) is 0 Å². The second kappa shape index (κ2) is 7.07. The molecule has 0 bridgehead atoms. The quantitative estimate of drug-likeness (QED) is 0.798. The van der Waals surface area contributed by atoms with Crippen LogP contribution < -0.4 is 5.32 Å². The highest BCUT2D eigenvalue weighted by Gasteiger charge is 2.22. The van der Waals surface area contributed by atoms with Crippen molar-refractivity contribution in [3.8, 4) is 0 Å². The fourth-order valence-electron chi connectivity index (χ4n) is 2.49. The molecule has 2 rings (SSSR count). The molecule has 1 aliphatic carbocycles. The topological polar surface area (TPSA) is 69.6 Å². The van der Waals surface area contributed by atoms with Crippen LogP contribution in [-0.4, -0.2) is 28.3 Å². The van der Waals surface area contributed by atoms with Gasteiger partial charge in [0.2, 0.25) is 5.91 Å². The zero-order valence-electron chi connectivity index (χ0n) is 11.3. The molecule has 1 saturated carbocycles. The molecule has 1 amide bonds. The maximum atomic E-state index is 11.9. The summed E-state index contributed by atoms with van der Waals surface area (Å²) in [5.41, 5.74) is 0.684. The van der Waals surface area contributed by atoms with Gasteiger partial charge >= 0.3 is 0 Å². The van der Waals surface area contributed by atoms with Gasteiger partial charge in [0.05, 0.1) is 18.6 Å². The molecule has 1 fully saturated rings. The van der Waals surface area contributed by atoms with Crippen molar-refractivity contribution >= 4 is 17.5 Å². The Morgan fingerprint density at radius 3 is 2.45 bits per heavy atom. The Kier molecular flexibility index (Phi) is 5.40. The van der Waals surface area contributed by atoms with Crippen molar-refractivity contribution in [1.82, 2.24) is 5.32 Å². The normalized spacial score (nSPS) is 24.1. The van der Waals surface area contributed by atoms with E-state index in [1.54, 1.807) is 24.3 Å². The van der Waals surface area contributed by atoms with Crippen LogP contribution in [0.4, 0.5) is 0 Å². The molecule has 0 aromatic heterocycles. The summed E-state index contributed by atoms with van der Waals surface area (Å²) >= 11 is 5.78. The highest BCUT2D eigenvalue weighted by molar-refractivity contribution is 6.30. The SMILES string of the molecule is O=C(CC(O)c1ccc(Cl)cc1)NC1CCC(O)CC1. The monoisotopic (exact) mass is 297 g/mol. The standard InChI is InChI=1S/C15H20ClNO3/c16-11-3-1-10(2-4-11)14(19)9-15(20)17-12-5-7-13(18)8-6-12/h1-4,12-14,18-19H,5-9H2,(H,17,20). The smallest absolute Gasteiger partial charge is 0.223 e. The minimum atomic E-state index is -0.818. The molecule has 0 heterocycles. The summed E-state index contributed by atoms with van der Waals surface area (Å²) in [5.74, 6) is -0.158. The zero-order chi connectivity index (χ0) is 14.5. The van der Waals surface area contributed by atoms with Crippen LogP contribution in [0.3, 0.4) is 0 Å². The summed E-state index contributed by atoms with van der Waals surface area (Å²) in [4.78, 5) is 11.9. The first kappa shape index (κ1) is 15.3. The van der Waals surface area contributed by atoms with Gasteiger partial charge in [-0.05, 0) is 43.4 Å². The molecule has 1 atom stereocenters. The third-order valence-corrected chi connectivity index (χ3v) is 3.95. The van der Waals surface area contributed by atoms with E-state index in [2.05, 4.69) is 5.32 Å². The van der Waals surface area contributed by atoms with E-state index in [0.29, 0.717) is 10.6 Å². The number of nitrogens with one attached hydrogen (secondary N) is 1. The van der Waals surface area contributed by atoms with Gasteiger partial charge in [0.15, 0.2) is 0 Å². The molecule has 5 heteroatoms. The summed E-state index contributed by atoms with van der Waals surface area (Å²) in [5, 5.41) is 22.9. The molecule has 0 radical (unpaired) electrons. The van der Waals surface area contributed by atoms with E-state index >= 15 is 0 Å². The van der Waals surface area contributed by atoms with Crippen molar-refractivity contribution in [2.24, 2.45) is 0 Å². The minimum Gasteiger partial charge on any atom is -0.393 e. The Morgan fingerprint density at radius 2 is 1.85 bits per heavy atom. The average molecular weight is 298 g/mol. The number of benzene rings is 1. The van der Waals surface area contributed by atoms with Gasteiger partial charge in [-0.2, -0.15) is 0 Å². The van der Waals surface area contributed by atoms with E-state index < -0.39 is 6.10 Å². The number of hydrogen-bond acceptors (Lipinski definition) is 3. The molecule has 110 valence electrons. The third-order valence-electron chi connectivity index (χ3n) is 3.70. The zero-order valence-corrected chi connectivity index (χ0v) is 12.0. The van der Waals surface area contributed by atoms with Crippen molar-refractivity contribution < 1.29 is 15.0 Å². The van der Waals surface area contributed by atoms with E-state index in [1.807, 2.05) is 0 Å². The average Bonchev–Trinajstić information content (AvgIpc) is 2.42. The fraction of sp³-hybridized carbons (Fsp3) is 0.533. The van der Waals surface area contributed by atoms with Crippen LogP contribution in [0.5, 0.6) is 0 Å². The molecule has 0 saturated heterocycles. The second-order valence-corrected chi connectivity index (χ2v) is 5.78. The van der Waals surface area contributed by atoms with E-state index in [1.165, 1.54) is 0 Å². The predicted octanol–water partition coefficient (Wildman–Crippen LogP) is 2.18. The number of aliphatic hydroxyl groups is 2. The molecule has 0 aliphatic heterocycles. The van der Waals surface area contributed by atoms with Gasteiger partial charge in [-0.25, -0.2) is 0 Å². The molecule has 4 nitrogen and oxygen atoms in total. The Balaban J connectivity index is 1.80. The number of carbonyl (C=O) groups is 1. The van der Waals surface area contributed by atoms with Crippen LogP contribution in [0.2, 0.25) is 5.02 Å². The van der Waals surface area contributed by atoms with Crippen LogP contribution in [0.1, 0.15) is 43.8 Å². The molecule has 1 aliphatic rings. The van der Waals surface area contributed by atoms with E-state index in [4.69, 9.17) is 11.6 Å². The second-order valence-electron chi connectivity index (χ2n) is 5.34. The minimum absolute atomic E-state index is 0.0423. The summed E-state index contributed by atoms with van der Waals surface area (Å²) in [7, 11) is 0. The molecule has 0 spiro atoms. The van der Waals surface area contributed by atoms with Crippen molar-refractivity contribution in [3.05, 3.63) is 34.9 Å². The lowest BCUT2D eigenvalue weighted by molar-refractivity contribution is -0.124. The summed E-state index contributed by atoms with van der Waals surface area (Å²) in [6.07, 6.45) is 2.04. The number of rotatable bonds is 4. The van der Waals surface area contributed by atoms with Crippen molar-refractivity contribution in [1.29, 1.82) is 0 Å². The van der Waals surface area contributed by atoms with Gasteiger partial charge in [-0.1, -0.05) is 23.7 Å². The maximum absolute atomic E-state index is 11.9. The molecular formula is C15H20ClNO3. The van der Waals surface area contributed by atoms with Crippen LogP contribution in [0, 0.1) is 0 Å². The van der Waals surface area contributed by atoms with E-state index in [-0.39, 0.29) is 24.5 Å². The summed E-state index contributed by atoms with van der Waals surface area (Å²) in [6, 6.07) is 6.94. The van der Waals surface area contributed by atoms with Crippen LogP contribution in [-0.2, 0) is 4.79 Å². The summed E-state index contributed by atoms with van der Waals surface area (Å²) in [6.45, 7) is 0. The number of amides is 1. The van der Waals surface area contributed by atoms with Crippen LogP contribution >= 0.6 is 11.6 Å². The van der Waals surface area contributed by atoms with E-state index in [9.17, 15) is 15.0 Å². The Bertz CT molecular complexity index is 441. The summed E-state index contributed by atoms with van der Waals surface area (Å²) < 4.78 is 0. The highest BCUT2D eigenvalue weighted by Crippen LogP contribution is 2.21. The van der Waals surface area contributed by atoms with Crippen molar-refractivity contribution in [2.45, 2.75) is 50.4 Å². The predicted molar refractivity (Wildman–Crippen MR) is 77.4 cm³/mol. The lowest BCUT2D eigenvalue weighted by atomic mass is 9.93. The van der Waals surface area contributed by atoms with Gasteiger partial charge in [-0.3, -0.25) is 4.79 Å². The Labute approximate surface area is 123 Å². The van der Waals surface area contributed by atoms with Crippen molar-refractivity contribution in [2.75, 3.05) is 0 Å². The van der Waals surface area contributed by atoms with Gasteiger partial charge in [0, 0.05) is 11.1 Å². The Hall–Kier alpha value is -1.10. The molecule has 20 heavy (non-hydrogen) atoms. The van der Waals surface area contributed by atoms with Crippen molar-refractivity contribution in [3.63, 3.8) is 0 Å². The number of hydrogen-bond donors (Lipinski definition) is 3. The maximum Gasteiger partial charge on any atom is 0.223 e. The van der Waals surface area contributed by atoms with Gasteiger partial charge < -0.3 is 15.5 Å². The highest BCUT2D eigenvalue weighted by atomic mass is 35.5. The molecule has 1 aromatic carbocycles. The van der Waals surface area contributed by atoms with Gasteiger partial charge in [-0.15, -0.1) is 0 Å². The first-order valence-corrected chi connectivity index (χ1v) is 7.33. The van der Waals surface area contributed by atoms with E-state index in [0.717, 1.165) is 25.7 Å². The number of halogens is 1. The molecule has 1 aromatic rings. The van der Waals surface area contributed by atoms with Crippen LogP contribution in [0.25, 0.3) is 0 Å². The lowest BCUT2D eigenvalue weighted by Gasteiger charge is -2.26. The third kappa shape index (κ3) is 4.47. The lowest BCUT2D eigenvalue weighted by Crippen LogP contribution is -2.39. The fourth-order valence-corrected chi connectivity index (χ4v) is 2.61.